The van der Waals surface area contributed by atoms with Crippen LogP contribution in [0.3, 0.4) is 0 Å². The number of anilines is 1. The highest BCUT2D eigenvalue weighted by Gasteiger charge is 2.30. The summed E-state index contributed by atoms with van der Waals surface area (Å²) in [7, 11) is 1.66. The maximum absolute atomic E-state index is 13.0. The molecular weight excluding hydrogens is 308 g/mol. The molecule has 2 aromatic rings. The fourth-order valence-electron chi connectivity index (χ4n) is 3.17. The predicted octanol–water partition coefficient (Wildman–Crippen LogP) is 1.47. The van der Waals surface area contributed by atoms with Gasteiger partial charge in [-0.1, -0.05) is 13.8 Å². The summed E-state index contributed by atoms with van der Waals surface area (Å²) in [6.07, 6.45) is 1.63. The van der Waals surface area contributed by atoms with E-state index in [4.69, 9.17) is 0 Å². The molecule has 2 aromatic heterocycles. The van der Waals surface area contributed by atoms with Crippen molar-refractivity contribution < 1.29 is 0 Å². The minimum atomic E-state index is -0.322. The maximum Gasteiger partial charge on any atom is 0.332 e. The third-order valence-electron chi connectivity index (χ3n) is 4.54. The Kier molecular flexibility index (Phi) is 4.06. The molecule has 3 rings (SSSR count). The first-order chi connectivity index (χ1) is 11.4. The van der Waals surface area contributed by atoms with Gasteiger partial charge in [0, 0.05) is 20.1 Å². The SMILES string of the molecule is CCCN1N=C(C)[C@H](C)n2c1nc1c2c(=O)n(CCC)c(=O)n1C. The van der Waals surface area contributed by atoms with Gasteiger partial charge in [0.25, 0.3) is 5.56 Å². The van der Waals surface area contributed by atoms with Gasteiger partial charge in [-0.2, -0.15) is 10.1 Å². The van der Waals surface area contributed by atoms with Crippen molar-refractivity contribution >= 4 is 22.8 Å². The molecule has 8 nitrogen and oxygen atoms in total. The van der Waals surface area contributed by atoms with E-state index in [1.165, 1.54) is 9.13 Å². The standard InChI is InChI=1S/C16H24N6O2/c1-6-8-20-14(23)12-13(19(5)16(20)24)17-15-21(9-7-2)18-10(3)11(4)22(12)15/h11H,6-9H2,1-5H3/t11-/m0/s1. The Bertz CT molecular complexity index is 933. The first kappa shape index (κ1) is 16.5. The smallest absolute Gasteiger partial charge is 0.294 e. The zero-order chi connectivity index (χ0) is 17.6. The summed E-state index contributed by atoms with van der Waals surface area (Å²) in [6.45, 7) is 9.09. The summed E-state index contributed by atoms with van der Waals surface area (Å²) in [5, 5.41) is 6.42. The largest absolute Gasteiger partial charge is 0.332 e. The quantitative estimate of drug-likeness (QED) is 0.849. The first-order valence-corrected chi connectivity index (χ1v) is 8.46. The molecule has 1 aliphatic rings. The van der Waals surface area contributed by atoms with E-state index in [2.05, 4.69) is 17.0 Å². The Morgan fingerprint density at radius 1 is 1.12 bits per heavy atom. The molecule has 1 aliphatic heterocycles. The van der Waals surface area contributed by atoms with Crippen LogP contribution in [0.25, 0.3) is 11.2 Å². The molecule has 130 valence electrons. The summed E-state index contributed by atoms with van der Waals surface area (Å²) in [5.74, 6) is 0.631. The van der Waals surface area contributed by atoms with E-state index in [0.29, 0.717) is 30.2 Å². The molecule has 0 fully saturated rings. The van der Waals surface area contributed by atoms with Crippen LogP contribution in [0, 0.1) is 0 Å². The van der Waals surface area contributed by atoms with Gasteiger partial charge >= 0.3 is 5.69 Å². The summed E-state index contributed by atoms with van der Waals surface area (Å²) >= 11 is 0. The fourth-order valence-corrected chi connectivity index (χ4v) is 3.17. The normalized spacial score (nSPS) is 17.3. The van der Waals surface area contributed by atoms with Gasteiger partial charge in [0.2, 0.25) is 5.95 Å². The van der Waals surface area contributed by atoms with Crippen molar-refractivity contribution in [2.75, 3.05) is 11.6 Å². The van der Waals surface area contributed by atoms with Crippen molar-refractivity contribution in [2.24, 2.45) is 12.1 Å². The lowest BCUT2D eigenvalue weighted by Gasteiger charge is -2.28. The third kappa shape index (κ3) is 2.20. The average Bonchev–Trinajstić information content (AvgIpc) is 2.96. The van der Waals surface area contributed by atoms with E-state index in [1.807, 2.05) is 30.3 Å². The number of hydrogen-bond acceptors (Lipinski definition) is 5. The van der Waals surface area contributed by atoms with E-state index in [-0.39, 0.29) is 17.3 Å². The number of nitrogens with zero attached hydrogens (tertiary/aromatic N) is 6. The Labute approximate surface area is 140 Å². The topological polar surface area (TPSA) is 77.4 Å². The fraction of sp³-hybridized carbons (Fsp3) is 0.625. The molecule has 0 saturated carbocycles. The average molecular weight is 332 g/mol. The van der Waals surface area contributed by atoms with E-state index in [0.717, 1.165) is 18.6 Å². The zero-order valence-corrected chi connectivity index (χ0v) is 14.9. The number of rotatable bonds is 4. The summed E-state index contributed by atoms with van der Waals surface area (Å²) in [5.41, 5.74) is 1.22. The number of imidazole rings is 1. The summed E-state index contributed by atoms with van der Waals surface area (Å²) in [6, 6.07) is -0.0709. The van der Waals surface area contributed by atoms with Crippen molar-refractivity contribution in [3.8, 4) is 0 Å². The minimum absolute atomic E-state index is 0.0709. The predicted molar refractivity (Wildman–Crippen MR) is 95.0 cm³/mol. The van der Waals surface area contributed by atoms with E-state index >= 15 is 0 Å². The van der Waals surface area contributed by atoms with Crippen molar-refractivity contribution in [1.29, 1.82) is 0 Å². The van der Waals surface area contributed by atoms with E-state index in [9.17, 15) is 9.59 Å². The van der Waals surface area contributed by atoms with Gasteiger partial charge in [-0.25, -0.2) is 9.80 Å². The molecule has 0 unspecified atom stereocenters. The first-order valence-electron chi connectivity index (χ1n) is 8.46. The van der Waals surface area contributed by atoms with Crippen LogP contribution in [0.2, 0.25) is 0 Å². The number of hydrogen-bond donors (Lipinski definition) is 0. The van der Waals surface area contributed by atoms with Crippen molar-refractivity contribution in [3.63, 3.8) is 0 Å². The van der Waals surface area contributed by atoms with Gasteiger partial charge in [-0.05, 0) is 26.7 Å². The molecule has 0 amide bonds. The molecule has 0 N–H and O–H groups in total. The lowest BCUT2D eigenvalue weighted by Crippen LogP contribution is -2.40. The lowest BCUT2D eigenvalue weighted by atomic mass is 10.2. The van der Waals surface area contributed by atoms with Gasteiger partial charge < -0.3 is 0 Å². The highest BCUT2D eigenvalue weighted by molar-refractivity contribution is 5.90. The molecule has 0 radical (unpaired) electrons. The van der Waals surface area contributed by atoms with Crippen LogP contribution in [-0.4, -0.2) is 30.9 Å². The molecular formula is C16H24N6O2. The molecule has 0 bridgehead atoms. The third-order valence-corrected chi connectivity index (χ3v) is 4.54. The van der Waals surface area contributed by atoms with Crippen molar-refractivity contribution in [1.82, 2.24) is 18.7 Å². The Morgan fingerprint density at radius 3 is 2.42 bits per heavy atom. The maximum atomic E-state index is 13.0. The zero-order valence-electron chi connectivity index (χ0n) is 14.9. The molecule has 0 aliphatic carbocycles. The van der Waals surface area contributed by atoms with Gasteiger partial charge in [-0.15, -0.1) is 0 Å². The Hall–Kier alpha value is -2.38. The van der Waals surface area contributed by atoms with E-state index in [1.54, 1.807) is 7.05 Å². The second-order valence-corrected chi connectivity index (χ2v) is 6.29. The van der Waals surface area contributed by atoms with Crippen molar-refractivity contribution in [3.05, 3.63) is 20.8 Å². The van der Waals surface area contributed by atoms with Crippen LogP contribution in [0.4, 0.5) is 5.95 Å². The number of aryl methyl sites for hydroxylation is 1. The molecule has 1 atom stereocenters. The lowest BCUT2D eigenvalue weighted by molar-refractivity contribution is 0.586. The highest BCUT2D eigenvalue weighted by Crippen LogP contribution is 2.29. The van der Waals surface area contributed by atoms with Crippen LogP contribution in [0.15, 0.2) is 14.7 Å². The van der Waals surface area contributed by atoms with Gasteiger partial charge in [0.15, 0.2) is 11.2 Å². The molecule has 24 heavy (non-hydrogen) atoms. The van der Waals surface area contributed by atoms with Gasteiger partial charge in [-0.3, -0.25) is 18.5 Å². The molecule has 0 spiro atoms. The van der Waals surface area contributed by atoms with Gasteiger partial charge in [0.1, 0.15) is 0 Å². The Balaban J connectivity index is 2.41. The molecule has 3 heterocycles. The molecule has 0 aromatic carbocycles. The van der Waals surface area contributed by atoms with Gasteiger partial charge in [0.05, 0.1) is 11.8 Å². The van der Waals surface area contributed by atoms with Crippen LogP contribution >= 0.6 is 0 Å². The minimum Gasteiger partial charge on any atom is -0.294 e. The second-order valence-electron chi connectivity index (χ2n) is 6.29. The molecule has 0 saturated heterocycles. The van der Waals surface area contributed by atoms with E-state index < -0.39 is 0 Å². The number of aromatic nitrogens is 4. The number of hydrazone groups is 1. The van der Waals surface area contributed by atoms with Crippen LogP contribution in [-0.2, 0) is 13.6 Å². The number of fused-ring (bicyclic) bond motifs is 3. The second kappa shape index (κ2) is 5.92. The highest BCUT2D eigenvalue weighted by atomic mass is 16.2. The van der Waals surface area contributed by atoms with Crippen LogP contribution < -0.4 is 16.3 Å². The van der Waals surface area contributed by atoms with Crippen LogP contribution in [0.1, 0.15) is 46.6 Å². The van der Waals surface area contributed by atoms with Crippen molar-refractivity contribution in [2.45, 2.75) is 53.1 Å². The molecule has 8 heteroatoms. The Morgan fingerprint density at radius 2 is 1.79 bits per heavy atom. The summed E-state index contributed by atoms with van der Waals surface area (Å²) in [4.78, 5) is 30.1. The monoisotopic (exact) mass is 332 g/mol. The van der Waals surface area contributed by atoms with Crippen LogP contribution in [0.5, 0.6) is 0 Å². The summed E-state index contributed by atoms with van der Waals surface area (Å²) < 4.78 is 4.68.